The number of hydrogen-bond acceptors (Lipinski definition) is 6. The first-order valence-corrected chi connectivity index (χ1v) is 7.88. The molecule has 1 aromatic heterocycles. The molecular weight excluding hydrogens is 264 g/mol. The average molecular weight is 292 g/mol. The predicted octanol–water partition coefficient (Wildman–Crippen LogP) is 0.794. The van der Waals surface area contributed by atoms with Crippen LogP contribution in [-0.2, 0) is 0 Å². The van der Waals surface area contributed by atoms with Crippen LogP contribution in [0, 0.1) is 0 Å². The van der Waals surface area contributed by atoms with Crippen molar-refractivity contribution in [3.8, 4) is 0 Å². The largest absolute Gasteiger partial charge is 0.354 e. The van der Waals surface area contributed by atoms with Gasteiger partial charge >= 0.3 is 0 Å². The predicted molar refractivity (Wildman–Crippen MR) is 87.9 cm³/mol. The third kappa shape index (κ3) is 4.82. The van der Waals surface area contributed by atoms with E-state index >= 15 is 0 Å². The van der Waals surface area contributed by atoms with Gasteiger partial charge in [-0.2, -0.15) is 4.98 Å². The zero-order chi connectivity index (χ0) is 15.1. The van der Waals surface area contributed by atoms with Crippen LogP contribution in [0.3, 0.4) is 0 Å². The van der Waals surface area contributed by atoms with E-state index < -0.39 is 0 Å². The van der Waals surface area contributed by atoms with E-state index in [1.807, 2.05) is 31.3 Å². The van der Waals surface area contributed by atoms with Crippen molar-refractivity contribution in [3.63, 3.8) is 0 Å². The first-order valence-electron chi connectivity index (χ1n) is 7.88. The fraction of sp³-hybridized carbons (Fsp3) is 0.733. The molecule has 0 spiro atoms. The lowest BCUT2D eigenvalue weighted by atomic mass is 10.2. The molecule has 1 saturated heterocycles. The molecule has 0 aromatic carbocycles. The van der Waals surface area contributed by atoms with Gasteiger partial charge in [-0.25, -0.2) is 4.98 Å². The number of anilines is 2. The van der Waals surface area contributed by atoms with Gasteiger partial charge in [0.2, 0.25) is 5.95 Å². The third-order valence-electron chi connectivity index (χ3n) is 3.90. The topological polar surface area (TPSA) is 61.5 Å². The molecule has 0 atom stereocenters. The van der Waals surface area contributed by atoms with Crippen LogP contribution in [0.5, 0.6) is 0 Å². The van der Waals surface area contributed by atoms with E-state index in [4.69, 9.17) is 5.73 Å². The Morgan fingerprint density at radius 2 is 1.90 bits per heavy atom. The van der Waals surface area contributed by atoms with Crippen molar-refractivity contribution in [1.29, 1.82) is 0 Å². The highest BCUT2D eigenvalue weighted by atomic mass is 15.3. The maximum atomic E-state index is 5.53. The molecule has 21 heavy (non-hydrogen) atoms. The van der Waals surface area contributed by atoms with Gasteiger partial charge in [0, 0.05) is 46.5 Å². The van der Waals surface area contributed by atoms with Crippen LogP contribution in [-0.4, -0.2) is 68.2 Å². The second-order valence-electron chi connectivity index (χ2n) is 5.79. The Balaban J connectivity index is 1.79. The Hall–Kier alpha value is -1.40. The first-order chi connectivity index (χ1) is 10.2. The van der Waals surface area contributed by atoms with E-state index in [1.165, 1.54) is 19.4 Å². The summed E-state index contributed by atoms with van der Waals surface area (Å²) in [6.07, 6.45) is 5.50. The van der Waals surface area contributed by atoms with E-state index in [9.17, 15) is 0 Å². The number of nitrogens with two attached hydrogens (primary N) is 1. The molecule has 0 aliphatic carbocycles. The van der Waals surface area contributed by atoms with Crippen molar-refractivity contribution in [3.05, 3.63) is 12.3 Å². The Morgan fingerprint density at radius 3 is 2.57 bits per heavy atom. The number of piperazine rings is 1. The highest BCUT2D eigenvalue weighted by Crippen LogP contribution is 2.16. The van der Waals surface area contributed by atoms with E-state index in [0.29, 0.717) is 0 Å². The lowest BCUT2D eigenvalue weighted by molar-refractivity contribution is 0.252. The lowest BCUT2D eigenvalue weighted by Gasteiger charge is -2.35. The van der Waals surface area contributed by atoms with Crippen molar-refractivity contribution in [2.45, 2.75) is 19.3 Å². The molecule has 1 aliphatic rings. The Kier molecular flexibility index (Phi) is 6.20. The minimum Gasteiger partial charge on any atom is -0.354 e. The molecule has 2 heterocycles. The zero-order valence-corrected chi connectivity index (χ0v) is 13.3. The molecule has 6 heteroatoms. The average Bonchev–Trinajstić information content (AvgIpc) is 2.52. The van der Waals surface area contributed by atoms with Crippen LogP contribution < -0.4 is 15.5 Å². The fourth-order valence-corrected chi connectivity index (χ4v) is 2.59. The highest BCUT2D eigenvalue weighted by molar-refractivity contribution is 5.43. The summed E-state index contributed by atoms with van der Waals surface area (Å²) in [4.78, 5) is 15.7. The van der Waals surface area contributed by atoms with Gasteiger partial charge in [0.05, 0.1) is 0 Å². The molecule has 2 rings (SSSR count). The summed E-state index contributed by atoms with van der Waals surface area (Å²) < 4.78 is 0. The molecule has 118 valence electrons. The summed E-state index contributed by atoms with van der Waals surface area (Å²) in [7, 11) is 3.94. The Labute approximate surface area is 127 Å². The molecule has 0 amide bonds. The molecule has 0 bridgehead atoms. The Morgan fingerprint density at radius 1 is 1.14 bits per heavy atom. The zero-order valence-electron chi connectivity index (χ0n) is 13.3. The van der Waals surface area contributed by atoms with Gasteiger partial charge < -0.3 is 15.5 Å². The summed E-state index contributed by atoms with van der Waals surface area (Å²) in [5, 5.41) is 0. The summed E-state index contributed by atoms with van der Waals surface area (Å²) in [5.41, 5.74) is 5.53. The van der Waals surface area contributed by atoms with E-state index in [0.717, 1.165) is 50.9 Å². The monoisotopic (exact) mass is 292 g/mol. The number of unbranched alkanes of at least 4 members (excludes halogenated alkanes) is 2. The van der Waals surface area contributed by atoms with Crippen LogP contribution in [0.15, 0.2) is 12.3 Å². The molecule has 1 fully saturated rings. The van der Waals surface area contributed by atoms with E-state index in [-0.39, 0.29) is 0 Å². The van der Waals surface area contributed by atoms with Gasteiger partial charge in [0.25, 0.3) is 0 Å². The second-order valence-corrected chi connectivity index (χ2v) is 5.79. The summed E-state index contributed by atoms with van der Waals surface area (Å²) in [6, 6.07) is 2.00. The summed E-state index contributed by atoms with van der Waals surface area (Å²) in [6.45, 7) is 6.33. The van der Waals surface area contributed by atoms with Crippen molar-refractivity contribution < 1.29 is 0 Å². The van der Waals surface area contributed by atoms with Crippen molar-refractivity contribution in [2.75, 3.05) is 63.2 Å². The standard InChI is InChI=1S/C15H28N6/c1-19(2)15-17-8-6-14(18-15)21-12-10-20(11-13-21)9-5-3-4-7-16/h6,8H,3-5,7,9-13,16H2,1-2H3. The minimum absolute atomic E-state index is 0.775. The Bertz CT molecular complexity index is 414. The van der Waals surface area contributed by atoms with Crippen LogP contribution in [0.4, 0.5) is 11.8 Å². The van der Waals surface area contributed by atoms with E-state index in [2.05, 4.69) is 19.8 Å². The van der Waals surface area contributed by atoms with Gasteiger partial charge in [0.15, 0.2) is 0 Å². The lowest BCUT2D eigenvalue weighted by Crippen LogP contribution is -2.47. The number of aromatic nitrogens is 2. The van der Waals surface area contributed by atoms with Gasteiger partial charge in [-0.15, -0.1) is 0 Å². The van der Waals surface area contributed by atoms with Crippen molar-refractivity contribution in [1.82, 2.24) is 14.9 Å². The van der Waals surface area contributed by atoms with Gasteiger partial charge in [-0.3, -0.25) is 4.90 Å². The van der Waals surface area contributed by atoms with Crippen LogP contribution in [0.2, 0.25) is 0 Å². The minimum atomic E-state index is 0.775. The highest BCUT2D eigenvalue weighted by Gasteiger charge is 2.18. The molecule has 0 saturated carbocycles. The second kappa shape index (κ2) is 8.14. The normalized spacial score (nSPS) is 16.2. The summed E-state index contributed by atoms with van der Waals surface area (Å²) in [5.74, 6) is 1.81. The SMILES string of the molecule is CN(C)c1nccc(N2CCN(CCCCCN)CC2)n1. The molecule has 0 radical (unpaired) electrons. The maximum absolute atomic E-state index is 5.53. The molecule has 1 aromatic rings. The van der Waals surface area contributed by atoms with E-state index in [1.54, 1.807) is 0 Å². The van der Waals surface area contributed by atoms with Crippen molar-refractivity contribution in [2.24, 2.45) is 5.73 Å². The van der Waals surface area contributed by atoms with Gasteiger partial charge in [0.1, 0.15) is 5.82 Å². The van der Waals surface area contributed by atoms with Gasteiger partial charge in [-0.05, 0) is 32.0 Å². The number of nitrogens with zero attached hydrogens (tertiary/aromatic N) is 5. The van der Waals surface area contributed by atoms with Crippen LogP contribution >= 0.6 is 0 Å². The molecule has 1 aliphatic heterocycles. The molecule has 6 nitrogen and oxygen atoms in total. The fourth-order valence-electron chi connectivity index (χ4n) is 2.59. The maximum Gasteiger partial charge on any atom is 0.226 e. The quantitative estimate of drug-likeness (QED) is 0.750. The molecular formula is C15H28N6. The number of hydrogen-bond donors (Lipinski definition) is 1. The third-order valence-corrected chi connectivity index (χ3v) is 3.90. The van der Waals surface area contributed by atoms with Crippen molar-refractivity contribution >= 4 is 11.8 Å². The van der Waals surface area contributed by atoms with Crippen LogP contribution in [0.25, 0.3) is 0 Å². The van der Waals surface area contributed by atoms with Gasteiger partial charge in [-0.1, -0.05) is 6.42 Å². The first kappa shape index (κ1) is 16.0. The molecule has 2 N–H and O–H groups in total. The molecule has 0 unspecified atom stereocenters. The van der Waals surface area contributed by atoms with Crippen LogP contribution in [0.1, 0.15) is 19.3 Å². The summed E-state index contributed by atoms with van der Waals surface area (Å²) >= 11 is 0. The number of rotatable bonds is 7. The smallest absolute Gasteiger partial charge is 0.226 e.